The number of hydrogen-bond acceptors (Lipinski definition) is 5. The number of esters is 1. The Morgan fingerprint density at radius 3 is 2.65 bits per heavy atom. The van der Waals surface area contributed by atoms with Gasteiger partial charge in [0.1, 0.15) is 5.78 Å². The van der Waals surface area contributed by atoms with Gasteiger partial charge in [-0.05, 0) is 27.7 Å². The number of hydrogen-bond donors (Lipinski definition) is 0. The molecule has 1 heterocycles. The van der Waals surface area contributed by atoms with Crippen LogP contribution in [-0.2, 0) is 26.3 Å². The average Bonchev–Trinajstić information content (AvgIpc) is 2.66. The predicted molar refractivity (Wildman–Crippen MR) is 60.4 cm³/mol. The second-order valence-corrected chi connectivity index (χ2v) is 4.31. The molecule has 0 saturated heterocycles. The van der Waals surface area contributed by atoms with Crippen molar-refractivity contribution in [2.24, 2.45) is 0 Å². The van der Waals surface area contributed by atoms with Crippen molar-refractivity contribution >= 4 is 11.8 Å². The molecule has 0 aliphatic heterocycles. The Bertz CT molecular complexity index is 423. The molecule has 1 aromatic rings. The van der Waals surface area contributed by atoms with E-state index in [0.717, 1.165) is 0 Å². The normalized spacial score (nSPS) is 11.3. The van der Waals surface area contributed by atoms with Crippen molar-refractivity contribution in [1.29, 1.82) is 0 Å². The Kier molecular flexibility index (Phi) is 3.98. The highest BCUT2D eigenvalue weighted by molar-refractivity contribution is 5.78. The Labute approximate surface area is 99.9 Å². The minimum Gasteiger partial charge on any atom is -0.464 e. The first-order valence-electron chi connectivity index (χ1n) is 5.46. The van der Waals surface area contributed by atoms with Gasteiger partial charge in [0.2, 0.25) is 0 Å². The van der Waals surface area contributed by atoms with E-state index in [2.05, 4.69) is 10.3 Å². The zero-order valence-electron chi connectivity index (χ0n) is 10.6. The summed E-state index contributed by atoms with van der Waals surface area (Å²) in [6, 6.07) is 0. The molecule has 0 fully saturated rings. The van der Waals surface area contributed by atoms with Gasteiger partial charge in [0.05, 0.1) is 24.9 Å². The van der Waals surface area contributed by atoms with Crippen molar-refractivity contribution in [3.8, 4) is 0 Å². The third kappa shape index (κ3) is 3.12. The van der Waals surface area contributed by atoms with Gasteiger partial charge in [0, 0.05) is 0 Å². The molecule has 0 aromatic carbocycles. The smallest absolute Gasteiger partial charge is 0.333 e. The third-order valence-corrected chi connectivity index (χ3v) is 2.32. The maximum atomic E-state index is 11.7. The first-order valence-corrected chi connectivity index (χ1v) is 5.46. The fourth-order valence-corrected chi connectivity index (χ4v) is 1.31. The van der Waals surface area contributed by atoms with Crippen molar-refractivity contribution in [2.75, 3.05) is 6.61 Å². The van der Waals surface area contributed by atoms with Gasteiger partial charge in [-0.25, -0.2) is 9.48 Å². The van der Waals surface area contributed by atoms with Crippen LogP contribution in [0.15, 0.2) is 6.20 Å². The van der Waals surface area contributed by atoms with Gasteiger partial charge in [-0.15, -0.1) is 5.10 Å². The number of aromatic nitrogens is 3. The van der Waals surface area contributed by atoms with E-state index in [1.165, 1.54) is 11.6 Å². The van der Waals surface area contributed by atoms with Crippen molar-refractivity contribution < 1.29 is 14.3 Å². The number of ketones is 1. The standard InChI is InChI=1S/C11H17N3O3/c1-5-17-10(16)11(3,4)14-7-9(12-13-14)6-8(2)15/h7H,5-6H2,1-4H3. The molecule has 0 spiro atoms. The third-order valence-electron chi connectivity index (χ3n) is 2.32. The summed E-state index contributed by atoms with van der Waals surface area (Å²) in [7, 11) is 0. The lowest BCUT2D eigenvalue weighted by Crippen LogP contribution is -2.38. The van der Waals surface area contributed by atoms with Crippen molar-refractivity contribution in [3.63, 3.8) is 0 Å². The molecular weight excluding hydrogens is 222 g/mol. The molecule has 0 saturated carbocycles. The predicted octanol–water partition coefficient (Wildman–Crippen LogP) is 0.708. The molecule has 0 aliphatic rings. The zero-order chi connectivity index (χ0) is 13.1. The van der Waals surface area contributed by atoms with Crippen LogP contribution in [0.2, 0.25) is 0 Å². The van der Waals surface area contributed by atoms with Crippen molar-refractivity contribution in [2.45, 2.75) is 39.7 Å². The molecular formula is C11H17N3O3. The van der Waals surface area contributed by atoms with E-state index < -0.39 is 5.54 Å². The molecule has 0 radical (unpaired) electrons. The quantitative estimate of drug-likeness (QED) is 0.707. The van der Waals surface area contributed by atoms with Crippen LogP contribution in [0.1, 0.15) is 33.4 Å². The minimum absolute atomic E-state index is 0.00555. The maximum Gasteiger partial charge on any atom is 0.333 e. The molecule has 6 heteroatoms. The molecule has 6 nitrogen and oxygen atoms in total. The largest absolute Gasteiger partial charge is 0.464 e. The zero-order valence-corrected chi connectivity index (χ0v) is 10.6. The van der Waals surface area contributed by atoms with Gasteiger partial charge in [-0.2, -0.15) is 0 Å². The lowest BCUT2D eigenvalue weighted by molar-refractivity contribution is -0.152. The Morgan fingerprint density at radius 1 is 1.47 bits per heavy atom. The van der Waals surface area contributed by atoms with Crippen LogP contribution in [-0.4, -0.2) is 33.4 Å². The van der Waals surface area contributed by atoms with Crippen molar-refractivity contribution in [3.05, 3.63) is 11.9 Å². The molecule has 0 unspecified atom stereocenters. The monoisotopic (exact) mass is 239 g/mol. The van der Waals surface area contributed by atoms with E-state index in [0.29, 0.717) is 12.3 Å². The van der Waals surface area contributed by atoms with Gasteiger partial charge in [0.15, 0.2) is 5.54 Å². The number of Topliss-reactive ketones (excluding diaryl/α,β-unsaturated/α-hetero) is 1. The number of carbonyl (C=O) groups excluding carboxylic acids is 2. The number of rotatable bonds is 5. The second kappa shape index (κ2) is 5.07. The van der Waals surface area contributed by atoms with Crippen LogP contribution in [0.5, 0.6) is 0 Å². The maximum absolute atomic E-state index is 11.7. The second-order valence-electron chi connectivity index (χ2n) is 4.31. The Hall–Kier alpha value is -1.72. The summed E-state index contributed by atoms with van der Waals surface area (Å²) in [5.41, 5.74) is -0.368. The van der Waals surface area contributed by atoms with Gasteiger partial charge >= 0.3 is 5.97 Å². The molecule has 0 amide bonds. The fraction of sp³-hybridized carbons (Fsp3) is 0.636. The summed E-state index contributed by atoms with van der Waals surface area (Å²) in [5.74, 6) is -0.370. The highest BCUT2D eigenvalue weighted by atomic mass is 16.5. The Balaban J connectivity index is 2.88. The number of ether oxygens (including phenoxy) is 1. The van der Waals surface area contributed by atoms with Crippen LogP contribution >= 0.6 is 0 Å². The van der Waals surface area contributed by atoms with Crippen LogP contribution in [0.3, 0.4) is 0 Å². The summed E-state index contributed by atoms with van der Waals surface area (Å²) in [4.78, 5) is 22.7. The van der Waals surface area contributed by atoms with Crippen LogP contribution in [0.25, 0.3) is 0 Å². The van der Waals surface area contributed by atoms with Crippen LogP contribution in [0, 0.1) is 0 Å². The lowest BCUT2D eigenvalue weighted by atomic mass is 10.1. The van der Waals surface area contributed by atoms with E-state index in [1.54, 1.807) is 27.0 Å². The van der Waals surface area contributed by atoms with Crippen LogP contribution < -0.4 is 0 Å². The van der Waals surface area contributed by atoms with E-state index >= 15 is 0 Å². The van der Waals surface area contributed by atoms with Crippen LogP contribution in [0.4, 0.5) is 0 Å². The summed E-state index contributed by atoms with van der Waals surface area (Å²) >= 11 is 0. The van der Waals surface area contributed by atoms with E-state index in [9.17, 15) is 9.59 Å². The first kappa shape index (κ1) is 13.3. The molecule has 1 rings (SSSR count). The molecule has 1 aromatic heterocycles. The molecule has 17 heavy (non-hydrogen) atoms. The van der Waals surface area contributed by atoms with E-state index in [-0.39, 0.29) is 18.2 Å². The van der Waals surface area contributed by atoms with Gasteiger partial charge in [-0.1, -0.05) is 5.21 Å². The van der Waals surface area contributed by atoms with Gasteiger partial charge < -0.3 is 4.74 Å². The molecule has 0 atom stereocenters. The highest BCUT2D eigenvalue weighted by Crippen LogP contribution is 2.16. The van der Waals surface area contributed by atoms with E-state index in [1.807, 2.05) is 0 Å². The minimum atomic E-state index is -0.919. The first-order chi connectivity index (χ1) is 7.87. The summed E-state index contributed by atoms with van der Waals surface area (Å²) < 4.78 is 6.38. The number of carbonyl (C=O) groups is 2. The van der Waals surface area contributed by atoms with Gasteiger partial charge in [-0.3, -0.25) is 4.79 Å². The summed E-state index contributed by atoms with van der Waals surface area (Å²) in [6.07, 6.45) is 1.82. The lowest BCUT2D eigenvalue weighted by Gasteiger charge is -2.21. The Morgan fingerprint density at radius 2 is 2.12 bits per heavy atom. The SMILES string of the molecule is CCOC(=O)C(C)(C)n1cc(CC(C)=O)nn1. The van der Waals surface area contributed by atoms with Gasteiger partial charge in [0.25, 0.3) is 0 Å². The van der Waals surface area contributed by atoms with Crippen molar-refractivity contribution in [1.82, 2.24) is 15.0 Å². The molecule has 0 bridgehead atoms. The number of nitrogens with zero attached hydrogens (tertiary/aromatic N) is 3. The highest BCUT2D eigenvalue weighted by Gasteiger charge is 2.32. The summed E-state index contributed by atoms with van der Waals surface area (Å²) in [5, 5.41) is 7.71. The molecule has 0 N–H and O–H groups in total. The molecule has 94 valence electrons. The topological polar surface area (TPSA) is 74.1 Å². The summed E-state index contributed by atoms with van der Waals surface area (Å²) in [6.45, 7) is 6.93. The average molecular weight is 239 g/mol. The van der Waals surface area contributed by atoms with E-state index in [4.69, 9.17) is 4.74 Å². The molecule has 0 aliphatic carbocycles. The fourth-order valence-electron chi connectivity index (χ4n) is 1.31.